The Morgan fingerprint density at radius 3 is 2.58 bits per heavy atom. The molecule has 2 radical (unpaired) electrons. The first kappa shape index (κ1) is 10.0. The number of nitrogens with zero attached hydrogens (tertiary/aromatic N) is 1. The maximum absolute atomic E-state index is 5.61. The number of rotatable bonds is 4. The highest BCUT2D eigenvalue weighted by Crippen LogP contribution is 2.05. The summed E-state index contributed by atoms with van der Waals surface area (Å²) in [6.07, 6.45) is 4.64. The molecule has 0 saturated carbocycles. The zero-order chi connectivity index (χ0) is 8.81. The van der Waals surface area contributed by atoms with Crippen LogP contribution >= 0.6 is 23.2 Å². The van der Waals surface area contributed by atoms with E-state index in [1.807, 2.05) is 12.1 Å². The molecule has 0 bridgehead atoms. The van der Waals surface area contributed by atoms with Crippen molar-refractivity contribution in [3.63, 3.8) is 0 Å². The summed E-state index contributed by atoms with van der Waals surface area (Å²) in [5.41, 5.74) is 1.30. The third-order valence-electron chi connectivity index (χ3n) is 1.46. The summed E-state index contributed by atoms with van der Waals surface area (Å²) in [5.74, 6) is 0. The van der Waals surface area contributed by atoms with Crippen LogP contribution in [0.25, 0.3) is 0 Å². The Morgan fingerprint density at radius 2 is 2.00 bits per heavy atom. The summed E-state index contributed by atoms with van der Waals surface area (Å²) in [4.78, 5) is 3.94. The van der Waals surface area contributed by atoms with Crippen LogP contribution in [0.3, 0.4) is 0 Å². The number of aromatic nitrogens is 1. The van der Waals surface area contributed by atoms with E-state index >= 15 is 0 Å². The molecule has 0 aliphatic heterocycles. The lowest BCUT2D eigenvalue weighted by Crippen LogP contribution is -2.02. The normalized spacial score (nSPS) is 10.6. The molecule has 0 aliphatic rings. The minimum absolute atomic E-state index is 0.202. The van der Waals surface area contributed by atoms with E-state index < -0.39 is 0 Å². The summed E-state index contributed by atoms with van der Waals surface area (Å²) < 4.78 is -0.202. The highest BCUT2D eigenvalue weighted by atomic mass is 35.5. The monoisotopic (exact) mass is 217 g/mol. The number of hydrogen-bond donors (Lipinski definition) is 0. The molecular formula is C8H9Cl2NSi. The van der Waals surface area contributed by atoms with Gasteiger partial charge >= 0.3 is 0 Å². The Labute approximate surface area is 84.9 Å². The lowest BCUT2D eigenvalue weighted by atomic mass is 10.2. The van der Waals surface area contributed by atoms with Crippen molar-refractivity contribution in [2.75, 3.05) is 0 Å². The fraction of sp³-hybridized carbons (Fsp3) is 0.375. The van der Waals surface area contributed by atoms with Gasteiger partial charge in [0.25, 0.3) is 0 Å². The van der Waals surface area contributed by atoms with Crippen molar-refractivity contribution in [2.24, 2.45) is 0 Å². The van der Waals surface area contributed by atoms with Crippen LogP contribution in [0.2, 0.25) is 6.04 Å². The first-order valence-corrected chi connectivity index (χ1v) is 5.85. The van der Waals surface area contributed by atoms with Gasteiger partial charge in [-0.3, -0.25) is 4.98 Å². The van der Waals surface area contributed by atoms with Gasteiger partial charge in [-0.25, -0.2) is 0 Å². The molecule has 0 atom stereocenters. The van der Waals surface area contributed by atoms with Crippen LogP contribution in [-0.2, 0) is 6.42 Å². The van der Waals surface area contributed by atoms with E-state index in [0.29, 0.717) is 9.52 Å². The molecule has 0 aliphatic carbocycles. The molecule has 0 N–H and O–H groups in total. The first-order valence-electron chi connectivity index (χ1n) is 3.69. The molecule has 1 heterocycles. The molecule has 0 fully saturated rings. The summed E-state index contributed by atoms with van der Waals surface area (Å²) >= 11 is 11.2. The topological polar surface area (TPSA) is 12.9 Å². The van der Waals surface area contributed by atoms with Gasteiger partial charge in [-0.1, -0.05) is 6.04 Å². The van der Waals surface area contributed by atoms with Crippen LogP contribution in [0.1, 0.15) is 5.56 Å². The summed E-state index contributed by atoms with van der Waals surface area (Å²) in [7, 11) is 0.625. The van der Waals surface area contributed by atoms with Crippen LogP contribution in [0, 0.1) is 0 Å². The van der Waals surface area contributed by atoms with E-state index in [0.717, 1.165) is 12.5 Å². The average Bonchev–Trinajstić information content (AvgIpc) is 2.05. The molecule has 1 aromatic heterocycles. The van der Waals surface area contributed by atoms with Gasteiger partial charge in [0.1, 0.15) is 0 Å². The van der Waals surface area contributed by atoms with Crippen molar-refractivity contribution >= 4 is 32.7 Å². The van der Waals surface area contributed by atoms with E-state index in [2.05, 4.69) is 4.98 Å². The summed E-state index contributed by atoms with van der Waals surface area (Å²) in [6, 6.07) is 5.09. The molecule has 1 aromatic rings. The average molecular weight is 218 g/mol. The molecule has 4 heteroatoms. The Hall–Kier alpha value is -0.0531. The standard InChI is InChI=1S/C8H9Cl2NSi/c9-8(10)12-6-3-7-1-4-11-5-2-7/h1-2,4-5,8H,3,6H2. The second kappa shape index (κ2) is 5.57. The first-order chi connectivity index (χ1) is 5.79. The zero-order valence-corrected chi connectivity index (χ0v) is 9.02. The molecule has 0 saturated heterocycles. The Morgan fingerprint density at radius 1 is 1.33 bits per heavy atom. The van der Waals surface area contributed by atoms with Crippen LogP contribution in [0.5, 0.6) is 0 Å². The van der Waals surface area contributed by atoms with Crippen LogP contribution in [-0.4, -0.2) is 19.0 Å². The van der Waals surface area contributed by atoms with Crippen molar-refractivity contribution in [2.45, 2.75) is 16.9 Å². The molecule has 64 valence electrons. The van der Waals surface area contributed by atoms with E-state index in [9.17, 15) is 0 Å². The molecule has 0 amide bonds. The second-order valence-electron chi connectivity index (χ2n) is 2.36. The Balaban J connectivity index is 2.25. The fourth-order valence-corrected chi connectivity index (χ4v) is 2.18. The number of halogens is 2. The predicted molar refractivity (Wildman–Crippen MR) is 54.0 cm³/mol. The van der Waals surface area contributed by atoms with Gasteiger partial charge in [0.15, 0.2) is 0 Å². The number of alkyl halides is 2. The molecule has 0 unspecified atom stereocenters. The lowest BCUT2D eigenvalue weighted by Gasteiger charge is -1.99. The summed E-state index contributed by atoms with van der Waals surface area (Å²) in [5, 5.41) is 0. The Bertz CT molecular complexity index is 216. The van der Waals surface area contributed by atoms with Crippen molar-refractivity contribution in [3.8, 4) is 0 Å². The van der Waals surface area contributed by atoms with Crippen molar-refractivity contribution in [1.29, 1.82) is 0 Å². The molecule has 1 rings (SSSR count). The van der Waals surface area contributed by atoms with Gasteiger partial charge in [-0.2, -0.15) is 0 Å². The van der Waals surface area contributed by atoms with Crippen molar-refractivity contribution in [3.05, 3.63) is 30.1 Å². The van der Waals surface area contributed by atoms with Gasteiger partial charge in [0.05, 0.1) is 14.0 Å². The zero-order valence-electron chi connectivity index (χ0n) is 6.50. The van der Waals surface area contributed by atoms with E-state index in [1.165, 1.54) is 5.56 Å². The maximum atomic E-state index is 5.61. The third-order valence-corrected chi connectivity index (χ3v) is 3.23. The maximum Gasteiger partial charge on any atom is 0.0929 e. The van der Waals surface area contributed by atoms with E-state index in [4.69, 9.17) is 23.2 Å². The fourth-order valence-electron chi connectivity index (χ4n) is 0.875. The van der Waals surface area contributed by atoms with E-state index in [1.54, 1.807) is 12.4 Å². The smallest absolute Gasteiger partial charge is 0.0929 e. The van der Waals surface area contributed by atoms with Crippen LogP contribution in [0.4, 0.5) is 0 Å². The van der Waals surface area contributed by atoms with Gasteiger partial charge < -0.3 is 0 Å². The minimum atomic E-state index is -0.202. The third kappa shape index (κ3) is 4.09. The predicted octanol–water partition coefficient (Wildman–Crippen LogP) is 2.51. The van der Waals surface area contributed by atoms with Gasteiger partial charge in [-0.05, 0) is 24.1 Å². The Kier molecular flexibility index (Phi) is 4.65. The molecular weight excluding hydrogens is 209 g/mol. The number of pyridine rings is 1. The number of hydrogen-bond acceptors (Lipinski definition) is 1. The number of aryl methyl sites for hydroxylation is 1. The van der Waals surface area contributed by atoms with Gasteiger partial charge in [-0.15, -0.1) is 23.2 Å². The molecule has 1 nitrogen and oxygen atoms in total. The largest absolute Gasteiger partial charge is 0.265 e. The second-order valence-corrected chi connectivity index (χ2v) is 5.67. The van der Waals surface area contributed by atoms with Gasteiger partial charge in [0.2, 0.25) is 0 Å². The van der Waals surface area contributed by atoms with Crippen molar-refractivity contribution in [1.82, 2.24) is 4.98 Å². The highest BCUT2D eigenvalue weighted by Gasteiger charge is 1.99. The van der Waals surface area contributed by atoms with Crippen molar-refractivity contribution < 1.29 is 0 Å². The quantitative estimate of drug-likeness (QED) is 0.559. The highest BCUT2D eigenvalue weighted by molar-refractivity contribution is 6.68. The van der Waals surface area contributed by atoms with Crippen LogP contribution in [0.15, 0.2) is 24.5 Å². The minimum Gasteiger partial charge on any atom is -0.265 e. The van der Waals surface area contributed by atoms with Gasteiger partial charge in [0, 0.05) is 12.4 Å². The SMILES string of the molecule is ClC(Cl)[Si]CCc1ccncc1. The van der Waals surface area contributed by atoms with Crippen LogP contribution < -0.4 is 0 Å². The van der Waals surface area contributed by atoms with E-state index in [-0.39, 0.29) is 4.46 Å². The molecule has 12 heavy (non-hydrogen) atoms. The molecule has 0 aromatic carbocycles. The molecule has 0 spiro atoms. The summed E-state index contributed by atoms with van der Waals surface area (Å²) in [6.45, 7) is 0. The lowest BCUT2D eigenvalue weighted by molar-refractivity contribution is 1.10.